The van der Waals surface area contributed by atoms with Crippen molar-refractivity contribution in [2.75, 3.05) is 20.3 Å². The van der Waals surface area contributed by atoms with E-state index in [0.29, 0.717) is 18.8 Å². The van der Waals surface area contributed by atoms with Gasteiger partial charge in [-0.15, -0.1) is 0 Å². The van der Waals surface area contributed by atoms with Crippen molar-refractivity contribution in [3.8, 4) is 0 Å². The molecule has 1 fully saturated rings. The molecule has 0 heterocycles. The zero-order chi connectivity index (χ0) is 12.7. The molecule has 0 aromatic carbocycles. The lowest BCUT2D eigenvalue weighted by atomic mass is 9.95. The van der Waals surface area contributed by atoms with Gasteiger partial charge in [0.25, 0.3) is 0 Å². The molecule has 1 saturated carbocycles. The van der Waals surface area contributed by atoms with Crippen molar-refractivity contribution in [1.82, 2.24) is 0 Å². The Morgan fingerprint density at radius 2 is 1.76 bits per heavy atom. The van der Waals surface area contributed by atoms with Gasteiger partial charge in [-0.1, -0.05) is 6.58 Å². The fourth-order valence-electron chi connectivity index (χ4n) is 1.87. The summed E-state index contributed by atoms with van der Waals surface area (Å²) in [6.07, 6.45) is 3.94. The lowest BCUT2D eigenvalue weighted by Crippen LogP contribution is -2.29. The molecule has 4 heteroatoms. The number of ether oxygens (including phenoxy) is 3. The van der Waals surface area contributed by atoms with Gasteiger partial charge in [0.15, 0.2) is 0 Å². The van der Waals surface area contributed by atoms with Crippen molar-refractivity contribution < 1.29 is 19.0 Å². The van der Waals surface area contributed by atoms with Crippen LogP contribution >= 0.6 is 0 Å². The molecule has 1 aliphatic rings. The van der Waals surface area contributed by atoms with E-state index in [-0.39, 0.29) is 18.2 Å². The molecule has 0 N–H and O–H groups in total. The van der Waals surface area contributed by atoms with E-state index in [0.717, 1.165) is 25.7 Å². The third-order valence-corrected chi connectivity index (χ3v) is 2.88. The zero-order valence-electron chi connectivity index (χ0n) is 10.7. The van der Waals surface area contributed by atoms with Crippen molar-refractivity contribution in [3.63, 3.8) is 0 Å². The molecule has 0 aliphatic heterocycles. The minimum absolute atomic E-state index is 0.0291. The number of carbonyl (C=O) groups is 1. The van der Waals surface area contributed by atoms with Gasteiger partial charge in [0, 0.05) is 12.7 Å². The number of esters is 1. The van der Waals surface area contributed by atoms with E-state index in [1.165, 1.54) is 0 Å². The monoisotopic (exact) mass is 242 g/mol. The van der Waals surface area contributed by atoms with Gasteiger partial charge in [-0.3, -0.25) is 0 Å². The summed E-state index contributed by atoms with van der Waals surface area (Å²) in [5.41, 5.74) is 0.462. The Kier molecular flexibility index (Phi) is 6.22. The molecular formula is C13H22O4. The second-order valence-electron chi connectivity index (χ2n) is 4.45. The SMILES string of the molecule is C=C(C)C(=O)OC1CCC(OCCOC)CC1. The number of hydrogen-bond donors (Lipinski definition) is 0. The molecule has 1 aliphatic carbocycles. The maximum atomic E-state index is 11.3. The van der Waals surface area contributed by atoms with Gasteiger partial charge >= 0.3 is 5.97 Å². The Hall–Kier alpha value is -0.870. The van der Waals surface area contributed by atoms with E-state index < -0.39 is 0 Å². The molecule has 0 saturated heterocycles. The summed E-state index contributed by atoms with van der Waals surface area (Å²) in [5.74, 6) is -0.284. The summed E-state index contributed by atoms with van der Waals surface area (Å²) in [5, 5.41) is 0. The fourth-order valence-corrected chi connectivity index (χ4v) is 1.87. The lowest BCUT2D eigenvalue weighted by molar-refractivity contribution is -0.147. The second kappa shape index (κ2) is 7.45. The normalized spacial score (nSPS) is 24.4. The number of hydrogen-bond acceptors (Lipinski definition) is 4. The highest BCUT2D eigenvalue weighted by Gasteiger charge is 2.24. The quantitative estimate of drug-likeness (QED) is 0.406. The Labute approximate surface area is 103 Å². The summed E-state index contributed by atoms with van der Waals surface area (Å²) in [6.45, 7) is 6.51. The molecule has 0 aromatic rings. The molecule has 17 heavy (non-hydrogen) atoms. The summed E-state index contributed by atoms with van der Waals surface area (Å²) < 4.78 is 15.9. The van der Waals surface area contributed by atoms with Gasteiger partial charge in [-0.05, 0) is 32.6 Å². The van der Waals surface area contributed by atoms with Gasteiger partial charge in [-0.2, -0.15) is 0 Å². The lowest BCUT2D eigenvalue weighted by Gasteiger charge is -2.28. The van der Waals surface area contributed by atoms with E-state index in [9.17, 15) is 4.79 Å². The van der Waals surface area contributed by atoms with Crippen LogP contribution in [0, 0.1) is 0 Å². The molecule has 0 atom stereocenters. The Balaban J connectivity index is 2.17. The van der Waals surface area contributed by atoms with E-state index in [1.54, 1.807) is 14.0 Å². The molecule has 0 bridgehead atoms. The number of carbonyl (C=O) groups excluding carboxylic acids is 1. The molecule has 1 rings (SSSR count). The highest BCUT2D eigenvalue weighted by Crippen LogP contribution is 2.23. The Bertz CT molecular complexity index is 254. The van der Waals surface area contributed by atoms with E-state index in [2.05, 4.69) is 6.58 Å². The maximum absolute atomic E-state index is 11.3. The molecule has 0 spiro atoms. The first-order chi connectivity index (χ1) is 8.13. The van der Waals surface area contributed by atoms with Crippen molar-refractivity contribution in [2.24, 2.45) is 0 Å². The van der Waals surface area contributed by atoms with Crippen LogP contribution in [-0.2, 0) is 19.0 Å². The maximum Gasteiger partial charge on any atom is 0.333 e. The van der Waals surface area contributed by atoms with Crippen LogP contribution in [-0.4, -0.2) is 38.5 Å². The fraction of sp³-hybridized carbons (Fsp3) is 0.769. The molecule has 98 valence electrons. The first-order valence-corrected chi connectivity index (χ1v) is 6.10. The predicted octanol–water partition coefficient (Wildman–Crippen LogP) is 2.08. The number of rotatable bonds is 6. The zero-order valence-corrected chi connectivity index (χ0v) is 10.7. The highest BCUT2D eigenvalue weighted by atomic mass is 16.5. The minimum Gasteiger partial charge on any atom is -0.459 e. The van der Waals surface area contributed by atoms with Gasteiger partial charge < -0.3 is 14.2 Å². The van der Waals surface area contributed by atoms with Crippen molar-refractivity contribution in [1.29, 1.82) is 0 Å². The topological polar surface area (TPSA) is 44.8 Å². The van der Waals surface area contributed by atoms with E-state index in [4.69, 9.17) is 14.2 Å². The Morgan fingerprint density at radius 1 is 1.18 bits per heavy atom. The second-order valence-corrected chi connectivity index (χ2v) is 4.45. The molecule has 4 nitrogen and oxygen atoms in total. The first-order valence-electron chi connectivity index (χ1n) is 6.10. The van der Waals surface area contributed by atoms with E-state index in [1.807, 2.05) is 0 Å². The standard InChI is InChI=1S/C13H22O4/c1-10(2)13(14)17-12-6-4-11(5-7-12)16-9-8-15-3/h11-12H,1,4-9H2,2-3H3. The number of methoxy groups -OCH3 is 1. The van der Waals surface area contributed by atoms with E-state index >= 15 is 0 Å². The van der Waals surface area contributed by atoms with Crippen molar-refractivity contribution in [3.05, 3.63) is 12.2 Å². The summed E-state index contributed by atoms with van der Waals surface area (Å²) in [7, 11) is 1.66. The van der Waals surface area contributed by atoms with Crippen LogP contribution in [0.3, 0.4) is 0 Å². The molecular weight excluding hydrogens is 220 g/mol. The first kappa shape index (κ1) is 14.2. The van der Waals surface area contributed by atoms with Crippen molar-refractivity contribution >= 4 is 5.97 Å². The molecule has 0 aromatic heterocycles. The Morgan fingerprint density at radius 3 is 2.29 bits per heavy atom. The van der Waals surface area contributed by atoms with Crippen LogP contribution in [0.4, 0.5) is 0 Å². The van der Waals surface area contributed by atoms with Crippen LogP contribution in [0.2, 0.25) is 0 Å². The van der Waals surface area contributed by atoms with Gasteiger partial charge in [0.2, 0.25) is 0 Å². The van der Waals surface area contributed by atoms with Crippen LogP contribution in [0.5, 0.6) is 0 Å². The predicted molar refractivity (Wildman–Crippen MR) is 64.8 cm³/mol. The van der Waals surface area contributed by atoms with Crippen molar-refractivity contribution in [2.45, 2.75) is 44.8 Å². The summed E-state index contributed by atoms with van der Waals surface area (Å²) in [4.78, 5) is 11.3. The van der Waals surface area contributed by atoms with Gasteiger partial charge in [0.05, 0.1) is 19.3 Å². The van der Waals surface area contributed by atoms with Gasteiger partial charge in [-0.25, -0.2) is 4.79 Å². The van der Waals surface area contributed by atoms with Crippen LogP contribution < -0.4 is 0 Å². The average Bonchev–Trinajstić information content (AvgIpc) is 2.31. The van der Waals surface area contributed by atoms with Crippen LogP contribution in [0.15, 0.2) is 12.2 Å². The van der Waals surface area contributed by atoms with Crippen LogP contribution in [0.25, 0.3) is 0 Å². The molecule has 0 unspecified atom stereocenters. The third kappa shape index (κ3) is 5.33. The molecule has 0 amide bonds. The molecule has 0 radical (unpaired) electrons. The minimum atomic E-state index is -0.284. The smallest absolute Gasteiger partial charge is 0.333 e. The van der Waals surface area contributed by atoms with Crippen LogP contribution in [0.1, 0.15) is 32.6 Å². The largest absolute Gasteiger partial charge is 0.459 e. The highest BCUT2D eigenvalue weighted by molar-refractivity contribution is 5.87. The average molecular weight is 242 g/mol. The third-order valence-electron chi connectivity index (χ3n) is 2.88. The summed E-state index contributed by atoms with van der Waals surface area (Å²) in [6, 6.07) is 0. The summed E-state index contributed by atoms with van der Waals surface area (Å²) >= 11 is 0. The van der Waals surface area contributed by atoms with Gasteiger partial charge in [0.1, 0.15) is 6.10 Å².